The van der Waals surface area contributed by atoms with E-state index in [1.807, 2.05) is 25.1 Å². The van der Waals surface area contributed by atoms with E-state index < -0.39 is 0 Å². The highest BCUT2D eigenvalue weighted by Crippen LogP contribution is 2.23. The Labute approximate surface area is 102 Å². The molecule has 0 atom stereocenters. The lowest BCUT2D eigenvalue weighted by molar-refractivity contribution is -0.121. The van der Waals surface area contributed by atoms with Gasteiger partial charge in [-0.05, 0) is 24.6 Å². The molecule has 4 heteroatoms. The number of ether oxygens (including phenoxy) is 2. The molecule has 0 heterocycles. The maximum atomic E-state index is 11.4. The molecule has 1 aromatic carbocycles. The van der Waals surface area contributed by atoms with Crippen LogP contribution in [0.3, 0.4) is 0 Å². The van der Waals surface area contributed by atoms with Gasteiger partial charge in [0.05, 0.1) is 14.2 Å². The van der Waals surface area contributed by atoms with Crippen LogP contribution in [0.25, 0.3) is 0 Å². The Balaban J connectivity index is 2.70. The Bertz CT molecular complexity index is 377. The molecule has 1 rings (SSSR count). The zero-order valence-electron chi connectivity index (χ0n) is 10.6. The fraction of sp³-hybridized carbons (Fsp3) is 0.462. The number of hydrogen-bond donors (Lipinski definition) is 1. The minimum Gasteiger partial charge on any atom is -0.497 e. The third-order valence-electron chi connectivity index (χ3n) is 2.44. The summed E-state index contributed by atoms with van der Waals surface area (Å²) in [6.45, 7) is 2.44. The molecule has 0 fully saturated rings. The fourth-order valence-corrected chi connectivity index (χ4v) is 1.53. The monoisotopic (exact) mass is 237 g/mol. The van der Waals surface area contributed by atoms with Crippen molar-refractivity contribution in [3.63, 3.8) is 0 Å². The number of nitrogens with one attached hydrogen (secondary N) is 1. The van der Waals surface area contributed by atoms with Crippen LogP contribution < -0.4 is 14.8 Å². The molecule has 0 saturated carbocycles. The van der Waals surface area contributed by atoms with Crippen LogP contribution in [0, 0.1) is 0 Å². The Kier molecular flexibility index (Phi) is 5.33. The van der Waals surface area contributed by atoms with Gasteiger partial charge in [0.1, 0.15) is 11.5 Å². The maximum Gasteiger partial charge on any atom is 0.220 e. The van der Waals surface area contributed by atoms with Gasteiger partial charge in [0.25, 0.3) is 0 Å². The van der Waals surface area contributed by atoms with Crippen molar-refractivity contribution in [1.82, 2.24) is 5.32 Å². The first-order chi connectivity index (χ1) is 8.21. The predicted octanol–water partition coefficient (Wildman–Crippen LogP) is 2.12. The summed E-state index contributed by atoms with van der Waals surface area (Å²) in [5.74, 6) is 1.56. The van der Waals surface area contributed by atoms with E-state index in [1.54, 1.807) is 14.2 Å². The molecule has 0 aromatic heterocycles. The molecule has 1 amide bonds. The van der Waals surface area contributed by atoms with Gasteiger partial charge < -0.3 is 14.8 Å². The van der Waals surface area contributed by atoms with Gasteiger partial charge in [0.2, 0.25) is 5.91 Å². The molecular formula is C13H19NO3. The van der Waals surface area contributed by atoms with Crippen LogP contribution in [-0.2, 0) is 11.3 Å². The second-order valence-electron chi connectivity index (χ2n) is 3.70. The van der Waals surface area contributed by atoms with Crippen LogP contribution in [-0.4, -0.2) is 20.1 Å². The van der Waals surface area contributed by atoms with Crippen molar-refractivity contribution in [2.24, 2.45) is 0 Å². The van der Waals surface area contributed by atoms with Crippen molar-refractivity contribution in [2.75, 3.05) is 14.2 Å². The van der Waals surface area contributed by atoms with Crippen molar-refractivity contribution in [2.45, 2.75) is 26.3 Å². The SMILES string of the molecule is CCCC(=O)NCc1cc(OC)ccc1OC. The molecule has 0 aliphatic carbocycles. The highest BCUT2D eigenvalue weighted by Gasteiger charge is 2.06. The van der Waals surface area contributed by atoms with Gasteiger partial charge in [-0.2, -0.15) is 0 Å². The van der Waals surface area contributed by atoms with Crippen molar-refractivity contribution >= 4 is 5.91 Å². The van der Waals surface area contributed by atoms with Crippen molar-refractivity contribution < 1.29 is 14.3 Å². The summed E-state index contributed by atoms with van der Waals surface area (Å²) in [5, 5.41) is 2.85. The molecule has 0 spiro atoms. The minimum absolute atomic E-state index is 0.0531. The normalized spacial score (nSPS) is 9.82. The lowest BCUT2D eigenvalue weighted by Gasteiger charge is -2.11. The van der Waals surface area contributed by atoms with Gasteiger partial charge in [-0.3, -0.25) is 4.79 Å². The Hall–Kier alpha value is -1.71. The molecule has 0 unspecified atom stereocenters. The zero-order chi connectivity index (χ0) is 12.7. The average Bonchev–Trinajstić information content (AvgIpc) is 2.36. The van der Waals surface area contributed by atoms with Crippen LogP contribution in [0.2, 0.25) is 0 Å². The standard InChI is InChI=1S/C13H19NO3/c1-4-5-13(15)14-9-10-8-11(16-2)6-7-12(10)17-3/h6-8H,4-5,9H2,1-3H3,(H,14,15). The summed E-state index contributed by atoms with van der Waals surface area (Å²) >= 11 is 0. The summed E-state index contributed by atoms with van der Waals surface area (Å²) in [7, 11) is 3.22. The molecule has 1 aromatic rings. The number of hydrogen-bond acceptors (Lipinski definition) is 3. The van der Waals surface area contributed by atoms with Crippen LogP contribution in [0.5, 0.6) is 11.5 Å². The molecule has 0 aliphatic heterocycles. The number of carbonyl (C=O) groups is 1. The van der Waals surface area contributed by atoms with E-state index in [0.717, 1.165) is 23.5 Å². The summed E-state index contributed by atoms with van der Waals surface area (Å²) < 4.78 is 10.4. The first-order valence-electron chi connectivity index (χ1n) is 5.68. The van der Waals surface area contributed by atoms with Crippen molar-refractivity contribution in [3.8, 4) is 11.5 Å². The lowest BCUT2D eigenvalue weighted by Crippen LogP contribution is -2.22. The number of benzene rings is 1. The fourth-order valence-electron chi connectivity index (χ4n) is 1.53. The van der Waals surface area contributed by atoms with Gasteiger partial charge in [-0.15, -0.1) is 0 Å². The first kappa shape index (κ1) is 13.4. The largest absolute Gasteiger partial charge is 0.497 e. The number of carbonyl (C=O) groups excluding carboxylic acids is 1. The summed E-state index contributed by atoms with van der Waals surface area (Å²) in [6, 6.07) is 5.53. The molecule has 94 valence electrons. The minimum atomic E-state index is 0.0531. The van der Waals surface area contributed by atoms with Crippen molar-refractivity contribution in [1.29, 1.82) is 0 Å². The molecule has 4 nitrogen and oxygen atoms in total. The number of rotatable bonds is 6. The van der Waals surface area contributed by atoms with Crippen LogP contribution in [0.4, 0.5) is 0 Å². The molecule has 1 N–H and O–H groups in total. The van der Waals surface area contributed by atoms with Crippen LogP contribution >= 0.6 is 0 Å². The number of amides is 1. The van der Waals surface area contributed by atoms with Crippen LogP contribution in [0.1, 0.15) is 25.3 Å². The van der Waals surface area contributed by atoms with E-state index >= 15 is 0 Å². The molecule has 17 heavy (non-hydrogen) atoms. The smallest absolute Gasteiger partial charge is 0.220 e. The van der Waals surface area contributed by atoms with Gasteiger partial charge in [0.15, 0.2) is 0 Å². The second-order valence-corrected chi connectivity index (χ2v) is 3.70. The lowest BCUT2D eigenvalue weighted by atomic mass is 10.2. The average molecular weight is 237 g/mol. The van der Waals surface area contributed by atoms with E-state index in [2.05, 4.69) is 5.32 Å². The third kappa shape index (κ3) is 3.98. The van der Waals surface area contributed by atoms with E-state index in [1.165, 1.54) is 0 Å². The van der Waals surface area contributed by atoms with Gasteiger partial charge in [-0.25, -0.2) is 0 Å². The summed E-state index contributed by atoms with van der Waals surface area (Å²) in [6.07, 6.45) is 1.40. The highest BCUT2D eigenvalue weighted by atomic mass is 16.5. The number of methoxy groups -OCH3 is 2. The topological polar surface area (TPSA) is 47.6 Å². The van der Waals surface area contributed by atoms with Gasteiger partial charge in [-0.1, -0.05) is 6.92 Å². The van der Waals surface area contributed by atoms with Crippen molar-refractivity contribution in [3.05, 3.63) is 23.8 Å². The maximum absolute atomic E-state index is 11.4. The molecule has 0 aliphatic rings. The molecule has 0 bridgehead atoms. The Morgan fingerprint density at radius 3 is 2.65 bits per heavy atom. The molecule has 0 radical (unpaired) electrons. The Morgan fingerprint density at radius 1 is 1.29 bits per heavy atom. The summed E-state index contributed by atoms with van der Waals surface area (Å²) in [5.41, 5.74) is 0.913. The third-order valence-corrected chi connectivity index (χ3v) is 2.44. The van der Waals surface area contributed by atoms with E-state index in [4.69, 9.17) is 9.47 Å². The molecular weight excluding hydrogens is 218 g/mol. The quantitative estimate of drug-likeness (QED) is 0.824. The second kappa shape index (κ2) is 6.78. The van der Waals surface area contributed by atoms with Gasteiger partial charge in [0, 0.05) is 18.5 Å². The highest BCUT2D eigenvalue weighted by molar-refractivity contribution is 5.75. The van der Waals surface area contributed by atoms with Gasteiger partial charge >= 0.3 is 0 Å². The van der Waals surface area contributed by atoms with E-state index in [9.17, 15) is 4.79 Å². The predicted molar refractivity (Wildman–Crippen MR) is 66.3 cm³/mol. The van der Waals surface area contributed by atoms with E-state index in [0.29, 0.717) is 13.0 Å². The van der Waals surface area contributed by atoms with E-state index in [-0.39, 0.29) is 5.91 Å². The first-order valence-corrected chi connectivity index (χ1v) is 5.68. The zero-order valence-corrected chi connectivity index (χ0v) is 10.6. The van der Waals surface area contributed by atoms with Crippen LogP contribution in [0.15, 0.2) is 18.2 Å². The summed E-state index contributed by atoms with van der Waals surface area (Å²) in [4.78, 5) is 11.4. The molecule has 0 saturated heterocycles. The Morgan fingerprint density at radius 2 is 2.06 bits per heavy atom.